The number of aromatic carboxylic acids is 1. The van der Waals surface area contributed by atoms with Crippen LogP contribution in [-0.4, -0.2) is 46.7 Å². The lowest BCUT2D eigenvalue weighted by Crippen LogP contribution is -2.37. The highest BCUT2D eigenvalue weighted by atomic mass is 32.1. The smallest absolute Gasteiger partial charge is 0.346 e. The molecular formula is C14H15F2NO4S. The number of likely N-dealkylation sites (tertiary alicyclic amines) is 1. The van der Waals surface area contributed by atoms with Crippen molar-refractivity contribution in [3.05, 3.63) is 21.4 Å². The number of carboxylic acid groups (broad SMARTS) is 1. The van der Waals surface area contributed by atoms with E-state index in [-0.39, 0.29) is 11.4 Å². The van der Waals surface area contributed by atoms with Crippen LogP contribution >= 0.6 is 11.3 Å². The molecule has 1 aliphatic heterocycles. The lowest BCUT2D eigenvalue weighted by Gasteiger charge is -2.19. The molecule has 1 amide bonds. The van der Waals surface area contributed by atoms with Gasteiger partial charge in [0.25, 0.3) is 5.91 Å². The van der Waals surface area contributed by atoms with Gasteiger partial charge < -0.3 is 14.8 Å². The number of halogens is 2. The number of carboxylic acids is 1. The predicted molar refractivity (Wildman–Crippen MR) is 75.5 cm³/mol. The molecule has 0 bridgehead atoms. The van der Waals surface area contributed by atoms with E-state index in [1.165, 1.54) is 0 Å². The van der Waals surface area contributed by atoms with Gasteiger partial charge in [0.1, 0.15) is 11.2 Å². The molecule has 120 valence electrons. The summed E-state index contributed by atoms with van der Waals surface area (Å²) in [6.07, 6.45) is 0.470. The molecule has 0 radical (unpaired) electrons. The summed E-state index contributed by atoms with van der Waals surface area (Å²) in [7, 11) is 0. The molecule has 1 saturated heterocycles. The number of carbonyl (C=O) groups excluding carboxylic acids is 2. The van der Waals surface area contributed by atoms with Gasteiger partial charge in [0, 0.05) is 17.8 Å². The SMILES string of the molecule is Cc1cc(CCCN2C(=O)C(F)(F)CC2C=O)sc1C(=O)O. The summed E-state index contributed by atoms with van der Waals surface area (Å²) in [6.45, 7) is 1.74. The van der Waals surface area contributed by atoms with Gasteiger partial charge in [-0.15, -0.1) is 11.3 Å². The highest BCUT2D eigenvalue weighted by Gasteiger charge is 2.53. The van der Waals surface area contributed by atoms with E-state index < -0.39 is 30.3 Å². The van der Waals surface area contributed by atoms with Crippen molar-refractivity contribution in [1.29, 1.82) is 0 Å². The average molecular weight is 331 g/mol. The van der Waals surface area contributed by atoms with E-state index in [0.717, 1.165) is 21.1 Å². The van der Waals surface area contributed by atoms with Gasteiger partial charge >= 0.3 is 11.9 Å². The molecule has 1 unspecified atom stereocenters. The Hall–Kier alpha value is -1.83. The van der Waals surface area contributed by atoms with Gasteiger partial charge in [0.05, 0.1) is 6.04 Å². The first-order valence-electron chi connectivity index (χ1n) is 6.73. The highest BCUT2D eigenvalue weighted by Crippen LogP contribution is 2.33. The topological polar surface area (TPSA) is 74.7 Å². The number of thiophene rings is 1. The quantitative estimate of drug-likeness (QED) is 0.810. The summed E-state index contributed by atoms with van der Waals surface area (Å²) < 4.78 is 26.6. The third-order valence-corrected chi connectivity index (χ3v) is 4.87. The Kier molecular flexibility index (Phi) is 4.60. The van der Waals surface area contributed by atoms with Crippen LogP contribution in [0.2, 0.25) is 0 Å². The molecule has 0 spiro atoms. The van der Waals surface area contributed by atoms with Gasteiger partial charge in [0.15, 0.2) is 0 Å². The monoisotopic (exact) mass is 331 g/mol. The summed E-state index contributed by atoms with van der Waals surface area (Å²) in [6, 6.07) is 0.660. The molecule has 1 atom stereocenters. The third kappa shape index (κ3) is 3.16. The number of aldehydes is 1. The zero-order valence-electron chi connectivity index (χ0n) is 11.8. The number of alkyl halides is 2. The molecule has 1 aromatic rings. The van der Waals surface area contributed by atoms with Crippen LogP contribution in [-0.2, 0) is 16.0 Å². The fourth-order valence-corrected chi connectivity index (χ4v) is 3.57. The van der Waals surface area contributed by atoms with E-state index in [1.54, 1.807) is 13.0 Å². The Balaban J connectivity index is 1.96. The number of carbonyl (C=O) groups is 3. The van der Waals surface area contributed by atoms with Crippen molar-refractivity contribution in [1.82, 2.24) is 4.90 Å². The lowest BCUT2D eigenvalue weighted by molar-refractivity contribution is -0.148. The largest absolute Gasteiger partial charge is 0.477 e. The van der Waals surface area contributed by atoms with Gasteiger partial charge in [0.2, 0.25) is 0 Å². The minimum atomic E-state index is -3.47. The molecule has 1 aromatic heterocycles. The fourth-order valence-electron chi connectivity index (χ4n) is 2.52. The normalized spacial score (nSPS) is 20.4. The zero-order chi connectivity index (χ0) is 16.5. The molecular weight excluding hydrogens is 316 g/mol. The maximum Gasteiger partial charge on any atom is 0.346 e. The van der Waals surface area contributed by atoms with E-state index >= 15 is 0 Å². The fraction of sp³-hybridized carbons (Fsp3) is 0.500. The standard InChI is InChI=1S/C14H15F2NO4S/c1-8-5-10(22-11(8)12(19)20)3-2-4-17-9(7-18)6-14(15,16)13(17)21/h5,7,9H,2-4,6H2,1H3,(H,19,20). The maximum atomic E-state index is 13.3. The lowest BCUT2D eigenvalue weighted by atomic mass is 10.2. The van der Waals surface area contributed by atoms with Gasteiger partial charge in [-0.05, 0) is 31.4 Å². The summed E-state index contributed by atoms with van der Waals surface area (Å²) >= 11 is 1.14. The van der Waals surface area contributed by atoms with Crippen LogP contribution in [0.5, 0.6) is 0 Å². The molecule has 8 heteroatoms. The Morgan fingerprint density at radius 1 is 1.59 bits per heavy atom. The Bertz CT molecular complexity index is 614. The number of aryl methyl sites for hydroxylation is 2. The van der Waals surface area contributed by atoms with E-state index in [2.05, 4.69) is 0 Å². The second-order valence-electron chi connectivity index (χ2n) is 5.24. The van der Waals surface area contributed by atoms with Crippen molar-refractivity contribution in [2.75, 3.05) is 6.54 Å². The third-order valence-electron chi connectivity index (χ3n) is 3.58. The molecule has 0 saturated carbocycles. The molecule has 0 aliphatic carbocycles. The minimum Gasteiger partial charge on any atom is -0.477 e. The van der Waals surface area contributed by atoms with Crippen molar-refractivity contribution in [3.8, 4) is 0 Å². The summed E-state index contributed by atoms with van der Waals surface area (Å²) in [5, 5.41) is 8.97. The van der Waals surface area contributed by atoms with Gasteiger partial charge in [-0.3, -0.25) is 4.79 Å². The van der Waals surface area contributed by atoms with Crippen LogP contribution < -0.4 is 0 Å². The number of amides is 1. The number of rotatable bonds is 6. The molecule has 22 heavy (non-hydrogen) atoms. The molecule has 2 rings (SSSR count). The maximum absolute atomic E-state index is 13.3. The van der Waals surface area contributed by atoms with E-state index in [4.69, 9.17) is 5.11 Å². The first-order chi connectivity index (χ1) is 10.3. The number of nitrogens with zero attached hydrogens (tertiary/aromatic N) is 1. The zero-order valence-corrected chi connectivity index (χ0v) is 12.7. The van der Waals surface area contributed by atoms with Crippen molar-refractivity contribution in [3.63, 3.8) is 0 Å². The number of hydrogen-bond donors (Lipinski definition) is 1. The highest BCUT2D eigenvalue weighted by molar-refractivity contribution is 7.14. The van der Waals surface area contributed by atoms with Gasteiger partial charge in [-0.1, -0.05) is 0 Å². The number of hydrogen-bond acceptors (Lipinski definition) is 4. The van der Waals surface area contributed by atoms with Gasteiger partial charge in [-0.2, -0.15) is 8.78 Å². The van der Waals surface area contributed by atoms with Crippen LogP contribution in [0.1, 0.15) is 33.0 Å². The second-order valence-corrected chi connectivity index (χ2v) is 6.38. The summed E-state index contributed by atoms with van der Waals surface area (Å²) in [5.41, 5.74) is 0.655. The first-order valence-corrected chi connectivity index (χ1v) is 7.54. The molecule has 5 nitrogen and oxygen atoms in total. The minimum absolute atomic E-state index is 0.0528. The second kappa shape index (κ2) is 6.12. The van der Waals surface area contributed by atoms with E-state index in [0.29, 0.717) is 24.7 Å². The molecule has 1 N–H and O–H groups in total. The van der Waals surface area contributed by atoms with E-state index in [9.17, 15) is 23.2 Å². The summed E-state index contributed by atoms with van der Waals surface area (Å²) in [5.74, 6) is -5.77. The van der Waals surface area contributed by atoms with Crippen LogP contribution in [0.25, 0.3) is 0 Å². The first kappa shape index (κ1) is 16.5. The van der Waals surface area contributed by atoms with Crippen molar-refractivity contribution >= 4 is 29.5 Å². The van der Waals surface area contributed by atoms with Crippen molar-refractivity contribution in [2.45, 2.75) is 38.2 Å². The Labute approximate surface area is 129 Å². The van der Waals surface area contributed by atoms with Crippen LogP contribution in [0.4, 0.5) is 8.78 Å². The van der Waals surface area contributed by atoms with Crippen molar-refractivity contribution < 1.29 is 28.3 Å². The molecule has 0 aromatic carbocycles. The van der Waals surface area contributed by atoms with E-state index in [1.807, 2.05) is 0 Å². The summed E-state index contributed by atoms with van der Waals surface area (Å²) in [4.78, 5) is 35.3. The van der Waals surface area contributed by atoms with Crippen molar-refractivity contribution in [2.24, 2.45) is 0 Å². The molecule has 1 fully saturated rings. The molecule has 2 heterocycles. The van der Waals surface area contributed by atoms with Crippen LogP contribution in [0, 0.1) is 6.92 Å². The average Bonchev–Trinajstić information content (AvgIpc) is 2.91. The Morgan fingerprint density at radius 3 is 2.82 bits per heavy atom. The Morgan fingerprint density at radius 2 is 2.27 bits per heavy atom. The van der Waals surface area contributed by atoms with Crippen LogP contribution in [0.3, 0.4) is 0 Å². The van der Waals surface area contributed by atoms with Crippen LogP contribution in [0.15, 0.2) is 6.07 Å². The van der Waals surface area contributed by atoms with Gasteiger partial charge in [-0.25, -0.2) is 4.79 Å². The molecule has 1 aliphatic rings. The predicted octanol–water partition coefficient (Wildman–Crippen LogP) is 2.12.